The lowest BCUT2D eigenvalue weighted by molar-refractivity contribution is -0.139. The van der Waals surface area contributed by atoms with Gasteiger partial charge in [0.15, 0.2) is 0 Å². The fraction of sp³-hybridized carbons (Fsp3) is 0.406. The average Bonchev–Trinajstić information content (AvgIpc) is 3.01. The van der Waals surface area contributed by atoms with Gasteiger partial charge in [0.25, 0.3) is 0 Å². The zero-order valence-electron chi connectivity index (χ0n) is 22.6. The first-order chi connectivity index (χ1) is 19.6. The van der Waals surface area contributed by atoms with Crippen LogP contribution in [0.1, 0.15) is 55.6 Å². The van der Waals surface area contributed by atoms with E-state index in [2.05, 4.69) is 22.6 Å². The Labute approximate surface area is 234 Å². The fourth-order valence-electron chi connectivity index (χ4n) is 5.66. The summed E-state index contributed by atoms with van der Waals surface area (Å²) in [6, 6.07) is 23.2. The predicted molar refractivity (Wildman–Crippen MR) is 154 cm³/mol. The molecule has 0 unspecified atom stereocenters. The van der Waals surface area contributed by atoms with Gasteiger partial charge in [0.05, 0.1) is 6.10 Å². The van der Waals surface area contributed by atoms with Gasteiger partial charge >= 0.3 is 0 Å². The third-order valence-corrected chi connectivity index (χ3v) is 7.99. The van der Waals surface area contributed by atoms with Crippen molar-refractivity contribution in [3.05, 3.63) is 88.8 Å². The number of amides is 1. The van der Waals surface area contributed by atoms with Gasteiger partial charge in [-0.2, -0.15) is 0 Å². The van der Waals surface area contributed by atoms with Crippen molar-refractivity contribution in [1.82, 2.24) is 4.90 Å². The van der Waals surface area contributed by atoms with Crippen LogP contribution < -0.4 is 10.1 Å². The van der Waals surface area contributed by atoms with Gasteiger partial charge in [0.2, 0.25) is 5.91 Å². The van der Waals surface area contributed by atoms with Gasteiger partial charge < -0.3 is 19.7 Å². The molecular formula is C32H36FN3O4. The number of ether oxygens (including phenoxy) is 2. The molecule has 1 aliphatic carbocycles. The topological polar surface area (TPSA) is 80.2 Å². The number of alkyl halides is 1. The summed E-state index contributed by atoms with van der Waals surface area (Å²) in [6.45, 7) is 0.885. The van der Waals surface area contributed by atoms with E-state index in [0.717, 1.165) is 68.8 Å². The van der Waals surface area contributed by atoms with Crippen molar-refractivity contribution in [3.8, 4) is 11.5 Å². The number of hydrogen-bond donors (Lipinski definition) is 1. The van der Waals surface area contributed by atoms with Crippen molar-refractivity contribution in [1.29, 1.82) is 0 Å². The van der Waals surface area contributed by atoms with Crippen LogP contribution in [-0.2, 0) is 16.2 Å². The standard InChI is InChI=1S/C32H36FN3O4/c33-21-25-20-27(10-15-31(25)35-38)34-26-8-13-28(14-9-26)39-22-32(37)36-18-16-24(17-19-36)23-6-11-30(12-7-23)40-29-4-2-1-3-5-29/h1-7,10-12,15,20,24,26,28,34H,8-9,13-14,16-19,21-22H2. The maximum Gasteiger partial charge on any atom is 0.248 e. The van der Waals surface area contributed by atoms with Gasteiger partial charge in [-0.15, -0.1) is 4.91 Å². The van der Waals surface area contributed by atoms with Gasteiger partial charge in [-0.25, -0.2) is 4.39 Å². The fourth-order valence-corrected chi connectivity index (χ4v) is 5.66. The van der Waals surface area contributed by atoms with Crippen LogP contribution in [0, 0.1) is 4.91 Å². The Balaban J connectivity index is 1.01. The Morgan fingerprint density at radius 3 is 2.27 bits per heavy atom. The number of carbonyl (C=O) groups excluding carboxylic acids is 1. The van der Waals surface area contributed by atoms with Crippen molar-refractivity contribution < 1.29 is 18.7 Å². The minimum absolute atomic E-state index is 0.0629. The third-order valence-electron chi connectivity index (χ3n) is 7.99. The van der Waals surface area contributed by atoms with Crippen LogP contribution >= 0.6 is 0 Å². The summed E-state index contributed by atoms with van der Waals surface area (Å²) in [5, 5.41) is 6.30. The van der Waals surface area contributed by atoms with E-state index < -0.39 is 6.67 Å². The van der Waals surface area contributed by atoms with E-state index in [1.54, 1.807) is 18.2 Å². The second kappa shape index (κ2) is 13.5. The second-order valence-electron chi connectivity index (χ2n) is 10.6. The lowest BCUT2D eigenvalue weighted by Crippen LogP contribution is -2.41. The number of nitrogens with one attached hydrogen (secondary N) is 1. The second-order valence-corrected chi connectivity index (χ2v) is 10.6. The van der Waals surface area contributed by atoms with E-state index in [4.69, 9.17) is 9.47 Å². The van der Waals surface area contributed by atoms with Crippen molar-refractivity contribution in [2.24, 2.45) is 5.18 Å². The molecule has 1 saturated heterocycles. The molecule has 0 spiro atoms. The van der Waals surface area contributed by atoms with E-state index in [9.17, 15) is 14.1 Å². The molecule has 0 bridgehead atoms. The van der Waals surface area contributed by atoms with E-state index >= 15 is 0 Å². The normalized spacial score (nSPS) is 19.7. The first-order valence-corrected chi connectivity index (χ1v) is 14.1. The lowest BCUT2D eigenvalue weighted by atomic mass is 9.89. The van der Waals surface area contributed by atoms with Crippen molar-refractivity contribution in [2.45, 2.75) is 63.3 Å². The third kappa shape index (κ3) is 7.24. The molecule has 8 heteroatoms. The molecule has 1 heterocycles. The Hall–Kier alpha value is -3.78. The summed E-state index contributed by atoms with van der Waals surface area (Å²) in [4.78, 5) is 25.5. The van der Waals surface area contributed by atoms with E-state index in [0.29, 0.717) is 11.5 Å². The molecule has 1 saturated carbocycles. The number of benzene rings is 3. The van der Waals surface area contributed by atoms with Crippen LogP contribution in [0.3, 0.4) is 0 Å². The maximum atomic E-state index is 13.2. The van der Waals surface area contributed by atoms with E-state index in [1.165, 1.54) is 5.56 Å². The molecule has 3 aromatic rings. The zero-order chi connectivity index (χ0) is 27.7. The Morgan fingerprint density at radius 1 is 0.900 bits per heavy atom. The number of hydrogen-bond acceptors (Lipinski definition) is 6. The molecule has 1 aliphatic heterocycles. The summed E-state index contributed by atoms with van der Waals surface area (Å²) in [5.41, 5.74) is 2.51. The van der Waals surface area contributed by atoms with Crippen LogP contribution in [0.5, 0.6) is 11.5 Å². The lowest BCUT2D eigenvalue weighted by Gasteiger charge is -2.33. The number of likely N-dealkylation sites (tertiary alicyclic amines) is 1. The smallest absolute Gasteiger partial charge is 0.248 e. The SMILES string of the molecule is O=Nc1ccc(NC2CCC(OCC(=O)N3CCC(c4ccc(Oc5ccccc5)cc4)CC3)CC2)cc1CF. The van der Waals surface area contributed by atoms with Crippen molar-refractivity contribution in [3.63, 3.8) is 0 Å². The average molecular weight is 546 g/mol. The van der Waals surface area contributed by atoms with Crippen molar-refractivity contribution in [2.75, 3.05) is 25.0 Å². The molecule has 1 N–H and O–H groups in total. The van der Waals surface area contributed by atoms with Crippen molar-refractivity contribution >= 4 is 17.3 Å². The summed E-state index contributed by atoms with van der Waals surface area (Å²) in [6.07, 6.45) is 5.47. The Morgan fingerprint density at radius 2 is 1.60 bits per heavy atom. The summed E-state index contributed by atoms with van der Waals surface area (Å²) in [7, 11) is 0. The van der Waals surface area contributed by atoms with E-state index in [1.807, 2.05) is 47.4 Å². The highest BCUT2D eigenvalue weighted by molar-refractivity contribution is 5.77. The number of piperidine rings is 1. The summed E-state index contributed by atoms with van der Waals surface area (Å²) < 4.78 is 25.1. The van der Waals surface area contributed by atoms with E-state index in [-0.39, 0.29) is 30.3 Å². The predicted octanol–water partition coefficient (Wildman–Crippen LogP) is 7.49. The molecule has 2 aliphatic rings. The molecule has 2 fully saturated rings. The molecule has 7 nitrogen and oxygen atoms in total. The van der Waals surface area contributed by atoms with Gasteiger partial charge in [0, 0.05) is 30.4 Å². The molecule has 0 atom stereocenters. The number of nitrogens with zero attached hydrogens (tertiary/aromatic N) is 2. The summed E-state index contributed by atoms with van der Waals surface area (Å²) in [5.74, 6) is 2.14. The van der Waals surface area contributed by atoms with Crippen LogP contribution in [0.25, 0.3) is 0 Å². The van der Waals surface area contributed by atoms with Gasteiger partial charge in [-0.05, 0) is 97.6 Å². The highest BCUT2D eigenvalue weighted by Crippen LogP contribution is 2.31. The summed E-state index contributed by atoms with van der Waals surface area (Å²) >= 11 is 0. The maximum absolute atomic E-state index is 13.2. The van der Waals surface area contributed by atoms with Crippen LogP contribution in [0.4, 0.5) is 15.8 Å². The zero-order valence-corrected chi connectivity index (χ0v) is 22.6. The molecule has 3 aromatic carbocycles. The number of nitroso groups, excluding NO2 is 1. The largest absolute Gasteiger partial charge is 0.457 e. The Kier molecular flexibility index (Phi) is 9.39. The molecular weight excluding hydrogens is 509 g/mol. The van der Waals surface area contributed by atoms with Crippen LogP contribution in [0.2, 0.25) is 0 Å². The molecule has 40 heavy (non-hydrogen) atoms. The number of carbonyl (C=O) groups is 1. The van der Waals surface area contributed by atoms with Gasteiger partial charge in [-0.3, -0.25) is 4.79 Å². The molecule has 5 rings (SSSR count). The molecule has 1 amide bonds. The monoisotopic (exact) mass is 545 g/mol. The molecule has 0 radical (unpaired) electrons. The van der Waals surface area contributed by atoms with Crippen LogP contribution in [0.15, 0.2) is 78.0 Å². The quantitative estimate of drug-likeness (QED) is 0.267. The number of anilines is 1. The highest BCUT2D eigenvalue weighted by atomic mass is 19.1. The Bertz CT molecular complexity index is 1250. The minimum atomic E-state index is -0.722. The number of para-hydroxylation sites is 1. The number of halogens is 1. The highest BCUT2D eigenvalue weighted by Gasteiger charge is 2.26. The minimum Gasteiger partial charge on any atom is -0.457 e. The molecule has 210 valence electrons. The van der Waals surface area contributed by atoms with Crippen LogP contribution in [-0.4, -0.2) is 42.6 Å². The van der Waals surface area contributed by atoms with Gasteiger partial charge in [-0.1, -0.05) is 30.3 Å². The van der Waals surface area contributed by atoms with Gasteiger partial charge in [0.1, 0.15) is 30.5 Å². The first kappa shape index (κ1) is 27.8. The molecule has 0 aromatic heterocycles. The first-order valence-electron chi connectivity index (χ1n) is 14.1. The number of rotatable bonds is 10.